The molecule has 0 aromatic carbocycles. The van der Waals surface area contributed by atoms with Crippen LogP contribution in [0.3, 0.4) is 0 Å². The molecule has 0 aromatic rings. The van der Waals surface area contributed by atoms with Crippen LogP contribution in [0.5, 0.6) is 0 Å². The van der Waals surface area contributed by atoms with E-state index >= 15 is 0 Å². The maximum absolute atomic E-state index is 10.2. The van der Waals surface area contributed by atoms with Crippen LogP contribution in [0.1, 0.15) is 77.6 Å². The molecule has 7 nitrogen and oxygen atoms in total. The van der Waals surface area contributed by atoms with Crippen LogP contribution in [0.4, 0.5) is 0 Å². The molecular weight excluding hydrogens is 382 g/mol. The van der Waals surface area contributed by atoms with Crippen molar-refractivity contribution >= 4 is 81.2 Å². The maximum atomic E-state index is 10.2. The van der Waals surface area contributed by atoms with E-state index in [0.717, 1.165) is 5.92 Å². The Morgan fingerprint density at radius 3 is 1.81 bits per heavy atom. The summed E-state index contributed by atoms with van der Waals surface area (Å²) < 4.78 is 28.7. The van der Waals surface area contributed by atoms with E-state index in [1.165, 1.54) is 64.2 Å². The zero-order valence-corrected chi connectivity index (χ0v) is 15.1. The minimum atomic E-state index is -4.84. The third-order valence-electron chi connectivity index (χ3n) is 4.19. The minimum absolute atomic E-state index is 0. The number of carboxylic acids is 2. The molecule has 1 saturated carbocycles. The number of hydrogen-bond donors (Lipinski definition) is 3. The molecule has 1 rings (SSSR count). The van der Waals surface area contributed by atoms with Gasteiger partial charge in [-0.05, 0) is 5.92 Å². The molecule has 0 radical (unpaired) electrons. The molecule has 1 aliphatic rings. The van der Waals surface area contributed by atoms with Crippen molar-refractivity contribution in [2.24, 2.45) is 5.92 Å². The van der Waals surface area contributed by atoms with E-state index < -0.39 is 33.7 Å². The van der Waals surface area contributed by atoms with Crippen molar-refractivity contribution in [2.75, 3.05) is 0 Å². The molecular formula is C16H32Na2O7S. The molecule has 3 N–H and O–H groups in total. The van der Waals surface area contributed by atoms with Crippen LogP contribution in [0, 0.1) is 5.92 Å². The normalized spacial score (nSPS) is 14.5. The Balaban J connectivity index is -0.000000378. The standard InChI is InChI=1S/C12H24.C4H6O7S.2Na.2H/c1-2-3-4-5-6-7-9-12-10-8-11-12;5-3(6)1-2(4(7)8)12(9,10)11;;;;/h12H,2-11H2,1H3;2H,1H2,(H,5,6)(H,7,8)(H,9,10,11);;;;. The zero-order chi connectivity index (χ0) is 18.6. The summed E-state index contributed by atoms with van der Waals surface area (Å²) in [5.74, 6) is -2.36. The molecule has 0 spiro atoms. The molecule has 0 aromatic heterocycles. The summed E-state index contributed by atoms with van der Waals surface area (Å²) in [6.07, 6.45) is 13.8. The van der Waals surface area contributed by atoms with E-state index in [-0.39, 0.29) is 59.1 Å². The predicted molar refractivity (Wildman–Crippen MR) is 105 cm³/mol. The molecule has 1 fully saturated rings. The molecule has 1 aliphatic carbocycles. The Morgan fingerprint density at radius 2 is 1.50 bits per heavy atom. The number of hydrogen-bond acceptors (Lipinski definition) is 4. The van der Waals surface area contributed by atoms with Gasteiger partial charge in [0, 0.05) is 0 Å². The Morgan fingerprint density at radius 1 is 1.00 bits per heavy atom. The second-order valence-electron chi connectivity index (χ2n) is 6.29. The van der Waals surface area contributed by atoms with Crippen molar-refractivity contribution in [3.63, 3.8) is 0 Å². The Labute approximate surface area is 201 Å². The number of carbonyl (C=O) groups is 2. The average molecular weight is 414 g/mol. The van der Waals surface area contributed by atoms with Crippen molar-refractivity contribution in [1.29, 1.82) is 0 Å². The van der Waals surface area contributed by atoms with Gasteiger partial charge in [0.25, 0.3) is 10.1 Å². The van der Waals surface area contributed by atoms with Gasteiger partial charge >= 0.3 is 71.1 Å². The topological polar surface area (TPSA) is 129 Å². The van der Waals surface area contributed by atoms with E-state index in [4.69, 9.17) is 14.8 Å². The first-order valence-electron chi connectivity index (χ1n) is 8.59. The summed E-state index contributed by atoms with van der Waals surface area (Å²) >= 11 is 0. The molecule has 146 valence electrons. The molecule has 0 aliphatic heterocycles. The predicted octanol–water partition coefficient (Wildman–Crippen LogP) is 2.04. The molecule has 26 heavy (non-hydrogen) atoms. The van der Waals surface area contributed by atoms with Crippen molar-refractivity contribution < 1.29 is 32.8 Å². The van der Waals surface area contributed by atoms with Crippen LogP contribution in [0.2, 0.25) is 0 Å². The van der Waals surface area contributed by atoms with Crippen LogP contribution in [0.15, 0.2) is 0 Å². The van der Waals surface area contributed by atoms with Gasteiger partial charge in [-0.15, -0.1) is 0 Å². The van der Waals surface area contributed by atoms with Crippen LogP contribution in [0.25, 0.3) is 0 Å². The third-order valence-corrected chi connectivity index (χ3v) is 5.27. The number of aliphatic carboxylic acids is 2. The van der Waals surface area contributed by atoms with E-state index in [1.54, 1.807) is 0 Å². The van der Waals surface area contributed by atoms with Gasteiger partial charge in [-0.3, -0.25) is 14.1 Å². The third kappa shape index (κ3) is 17.0. The van der Waals surface area contributed by atoms with E-state index in [0.29, 0.717) is 0 Å². The van der Waals surface area contributed by atoms with Gasteiger partial charge in [-0.2, -0.15) is 8.42 Å². The van der Waals surface area contributed by atoms with Crippen molar-refractivity contribution in [3.8, 4) is 0 Å². The van der Waals surface area contributed by atoms with E-state index in [1.807, 2.05) is 0 Å². The van der Waals surface area contributed by atoms with Gasteiger partial charge in [0.2, 0.25) is 0 Å². The first-order valence-corrected chi connectivity index (χ1v) is 10.1. The SMILES string of the molecule is CCCCCCCCC1CCC1.O=C(O)CC(C(=O)O)S(=O)(=O)O.[NaH].[NaH]. The molecule has 1 unspecified atom stereocenters. The first kappa shape index (κ1) is 31.5. The van der Waals surface area contributed by atoms with Crippen LogP contribution in [-0.4, -0.2) is 99.5 Å². The Kier molecular flexibility index (Phi) is 21.7. The molecule has 0 amide bonds. The van der Waals surface area contributed by atoms with Crippen molar-refractivity contribution in [2.45, 2.75) is 82.8 Å². The average Bonchev–Trinajstić information content (AvgIpc) is 2.41. The number of unbranched alkanes of at least 4 members (excludes halogenated alkanes) is 5. The second kappa shape index (κ2) is 17.9. The van der Waals surface area contributed by atoms with Crippen LogP contribution >= 0.6 is 0 Å². The summed E-state index contributed by atoms with van der Waals surface area (Å²) in [4.78, 5) is 20.0. The monoisotopic (exact) mass is 414 g/mol. The molecule has 10 heteroatoms. The van der Waals surface area contributed by atoms with Crippen LogP contribution < -0.4 is 0 Å². The fourth-order valence-corrected chi connectivity index (χ4v) is 3.08. The fraction of sp³-hybridized carbons (Fsp3) is 0.875. The number of rotatable bonds is 11. The molecule has 0 heterocycles. The van der Waals surface area contributed by atoms with Crippen molar-refractivity contribution in [3.05, 3.63) is 0 Å². The summed E-state index contributed by atoms with van der Waals surface area (Å²) in [6, 6.07) is 0. The summed E-state index contributed by atoms with van der Waals surface area (Å²) in [5, 5.41) is 13.9. The van der Waals surface area contributed by atoms with Gasteiger partial charge in [-0.1, -0.05) is 71.1 Å². The van der Waals surface area contributed by atoms with Gasteiger partial charge < -0.3 is 10.2 Å². The molecule has 1 atom stereocenters. The van der Waals surface area contributed by atoms with Gasteiger partial charge in [0.15, 0.2) is 5.25 Å². The van der Waals surface area contributed by atoms with Crippen molar-refractivity contribution in [1.82, 2.24) is 0 Å². The second-order valence-corrected chi connectivity index (χ2v) is 7.89. The Bertz CT molecular complexity index is 479. The fourth-order valence-electron chi connectivity index (χ4n) is 2.47. The van der Waals surface area contributed by atoms with Crippen LogP contribution in [-0.2, 0) is 19.7 Å². The first-order chi connectivity index (χ1) is 11.2. The molecule has 0 saturated heterocycles. The van der Waals surface area contributed by atoms with Gasteiger partial charge in [0.1, 0.15) is 0 Å². The zero-order valence-electron chi connectivity index (χ0n) is 14.3. The van der Waals surface area contributed by atoms with Gasteiger partial charge in [-0.25, -0.2) is 0 Å². The quantitative estimate of drug-likeness (QED) is 0.268. The number of carboxylic acid groups (broad SMARTS) is 2. The van der Waals surface area contributed by atoms with E-state index in [2.05, 4.69) is 6.92 Å². The Hall–Kier alpha value is 0.850. The summed E-state index contributed by atoms with van der Waals surface area (Å²) in [5.41, 5.74) is 0. The van der Waals surface area contributed by atoms with Gasteiger partial charge in [0.05, 0.1) is 6.42 Å². The van der Waals surface area contributed by atoms with E-state index in [9.17, 15) is 18.0 Å². The summed E-state index contributed by atoms with van der Waals surface area (Å²) in [6.45, 7) is 2.29. The summed E-state index contributed by atoms with van der Waals surface area (Å²) in [7, 11) is -4.84. The molecule has 0 bridgehead atoms.